The number of hydrogen-bond donors (Lipinski definition) is 0. The highest BCUT2D eigenvalue weighted by molar-refractivity contribution is 8.00. The van der Waals surface area contributed by atoms with Gasteiger partial charge >= 0.3 is 0 Å². The summed E-state index contributed by atoms with van der Waals surface area (Å²) in [5, 5.41) is 2.80. The SMILES string of the molecule is CC1C=CC(c2nc(-c3ccccc3)nc(-n3c4ccccc4c4ccc5c(c43)SC3C=CC=CC53C)n2)=CC1. The first-order chi connectivity index (χ1) is 19.6. The topological polar surface area (TPSA) is 43.6 Å². The number of nitrogens with zero attached hydrogens (tertiary/aromatic N) is 4. The maximum absolute atomic E-state index is 5.17. The van der Waals surface area contributed by atoms with Crippen LogP contribution in [0.15, 0.2) is 114 Å². The van der Waals surface area contributed by atoms with E-state index < -0.39 is 0 Å². The first-order valence-corrected chi connectivity index (χ1v) is 14.8. The van der Waals surface area contributed by atoms with E-state index in [4.69, 9.17) is 15.0 Å². The van der Waals surface area contributed by atoms with E-state index in [1.807, 2.05) is 30.0 Å². The highest BCUT2D eigenvalue weighted by atomic mass is 32.2. The van der Waals surface area contributed by atoms with E-state index in [1.165, 1.54) is 26.7 Å². The van der Waals surface area contributed by atoms with Crippen LogP contribution in [0.5, 0.6) is 0 Å². The third-order valence-electron chi connectivity index (χ3n) is 8.47. The van der Waals surface area contributed by atoms with Crippen molar-refractivity contribution in [2.24, 2.45) is 5.92 Å². The Balaban J connectivity index is 1.44. The zero-order chi connectivity index (χ0) is 26.8. The fraction of sp³-hybridized carbons (Fsp3) is 0.171. The molecule has 8 rings (SSSR count). The van der Waals surface area contributed by atoms with Crippen molar-refractivity contribution in [3.05, 3.63) is 121 Å². The lowest BCUT2D eigenvalue weighted by Crippen LogP contribution is -2.28. The average Bonchev–Trinajstić information content (AvgIpc) is 3.50. The number of aromatic nitrogens is 4. The van der Waals surface area contributed by atoms with Crippen molar-refractivity contribution in [1.82, 2.24) is 19.5 Å². The van der Waals surface area contributed by atoms with Crippen LogP contribution in [0.25, 0.3) is 44.7 Å². The first kappa shape index (κ1) is 23.6. The van der Waals surface area contributed by atoms with Gasteiger partial charge in [0.2, 0.25) is 5.95 Å². The van der Waals surface area contributed by atoms with E-state index in [2.05, 4.69) is 109 Å². The number of benzene rings is 3. The Morgan fingerprint density at radius 2 is 1.68 bits per heavy atom. The molecular formula is C35H28N4S. The molecule has 5 heteroatoms. The van der Waals surface area contributed by atoms with Gasteiger partial charge in [-0.3, -0.25) is 4.57 Å². The molecule has 2 aromatic heterocycles. The van der Waals surface area contributed by atoms with Gasteiger partial charge in [0, 0.05) is 37.5 Å². The lowest BCUT2D eigenvalue weighted by molar-refractivity contribution is 0.621. The lowest BCUT2D eigenvalue weighted by Gasteiger charge is -2.28. The van der Waals surface area contributed by atoms with E-state index in [9.17, 15) is 0 Å². The molecule has 0 bridgehead atoms. The van der Waals surface area contributed by atoms with E-state index >= 15 is 0 Å². The molecule has 3 unspecified atom stereocenters. The maximum atomic E-state index is 5.17. The summed E-state index contributed by atoms with van der Waals surface area (Å²) >= 11 is 1.95. The Labute approximate surface area is 237 Å². The Kier molecular flexibility index (Phi) is 5.26. The zero-order valence-electron chi connectivity index (χ0n) is 22.5. The van der Waals surface area contributed by atoms with Crippen molar-refractivity contribution >= 4 is 39.1 Å². The normalized spacial score (nSPS) is 23.0. The van der Waals surface area contributed by atoms with Crippen molar-refractivity contribution in [2.75, 3.05) is 0 Å². The second kappa shape index (κ2) is 8.90. The molecule has 5 aromatic rings. The fourth-order valence-corrected chi connectivity index (χ4v) is 7.83. The summed E-state index contributed by atoms with van der Waals surface area (Å²) in [4.78, 5) is 16.6. The largest absolute Gasteiger partial charge is 0.277 e. The molecule has 0 saturated carbocycles. The van der Waals surface area contributed by atoms with E-state index in [0.717, 1.165) is 23.1 Å². The molecule has 194 valence electrons. The Bertz CT molecular complexity index is 1950. The van der Waals surface area contributed by atoms with Gasteiger partial charge in [0.1, 0.15) is 0 Å². The van der Waals surface area contributed by atoms with Crippen molar-refractivity contribution in [3.8, 4) is 17.3 Å². The van der Waals surface area contributed by atoms with E-state index in [0.29, 0.717) is 28.8 Å². The van der Waals surface area contributed by atoms with Crippen LogP contribution in [0.4, 0.5) is 0 Å². The second-order valence-corrected chi connectivity index (χ2v) is 12.3. The third-order valence-corrected chi connectivity index (χ3v) is 10.0. The zero-order valence-corrected chi connectivity index (χ0v) is 23.3. The molecule has 40 heavy (non-hydrogen) atoms. The number of hydrogen-bond acceptors (Lipinski definition) is 4. The number of thioether (sulfide) groups is 1. The molecule has 4 nitrogen and oxygen atoms in total. The van der Waals surface area contributed by atoms with Crippen molar-refractivity contribution in [1.29, 1.82) is 0 Å². The minimum Gasteiger partial charge on any atom is -0.277 e. The van der Waals surface area contributed by atoms with Crippen LogP contribution in [0, 0.1) is 5.92 Å². The lowest BCUT2D eigenvalue weighted by atomic mass is 9.77. The molecule has 3 heterocycles. The maximum Gasteiger partial charge on any atom is 0.238 e. The minimum absolute atomic E-state index is 0.0436. The monoisotopic (exact) mass is 536 g/mol. The van der Waals surface area contributed by atoms with Gasteiger partial charge < -0.3 is 0 Å². The number of fused-ring (bicyclic) bond motifs is 7. The van der Waals surface area contributed by atoms with Crippen LogP contribution >= 0.6 is 11.8 Å². The number of rotatable bonds is 3. The third kappa shape index (κ3) is 3.50. The minimum atomic E-state index is -0.0436. The van der Waals surface area contributed by atoms with Crippen LogP contribution in [-0.4, -0.2) is 24.8 Å². The van der Waals surface area contributed by atoms with E-state index in [-0.39, 0.29) is 5.41 Å². The highest BCUT2D eigenvalue weighted by Gasteiger charge is 2.43. The Hall–Kier alpha value is -4.22. The predicted octanol–water partition coefficient (Wildman–Crippen LogP) is 8.47. The molecule has 0 spiro atoms. The van der Waals surface area contributed by atoms with Gasteiger partial charge in [-0.05, 0) is 24.0 Å². The van der Waals surface area contributed by atoms with Gasteiger partial charge in [0.25, 0.3) is 0 Å². The summed E-state index contributed by atoms with van der Waals surface area (Å²) < 4.78 is 2.28. The molecular weight excluding hydrogens is 508 g/mol. The van der Waals surface area contributed by atoms with Crippen molar-refractivity contribution < 1.29 is 0 Å². The van der Waals surface area contributed by atoms with Crippen LogP contribution in [0.3, 0.4) is 0 Å². The molecule has 3 aliphatic rings. The molecule has 3 aromatic carbocycles. The Morgan fingerprint density at radius 1 is 0.850 bits per heavy atom. The van der Waals surface area contributed by atoms with Crippen molar-refractivity contribution in [2.45, 2.75) is 35.8 Å². The molecule has 2 aliphatic carbocycles. The van der Waals surface area contributed by atoms with E-state index in [1.54, 1.807) is 0 Å². The van der Waals surface area contributed by atoms with Gasteiger partial charge in [0.05, 0.1) is 11.0 Å². The number of allylic oxidation sites excluding steroid dienone is 7. The molecule has 0 radical (unpaired) electrons. The summed E-state index contributed by atoms with van der Waals surface area (Å²) in [7, 11) is 0. The van der Waals surface area contributed by atoms with Crippen LogP contribution in [0.1, 0.15) is 31.7 Å². The average molecular weight is 537 g/mol. The summed E-state index contributed by atoms with van der Waals surface area (Å²) in [5.41, 5.74) is 5.64. The molecule has 0 amide bonds. The smallest absolute Gasteiger partial charge is 0.238 e. The summed E-state index contributed by atoms with van der Waals surface area (Å²) in [6.07, 6.45) is 16.7. The predicted molar refractivity (Wildman–Crippen MR) is 166 cm³/mol. The summed E-state index contributed by atoms with van der Waals surface area (Å²) in [5.74, 6) is 2.57. The molecule has 0 fully saturated rings. The van der Waals surface area contributed by atoms with Gasteiger partial charge in [0.15, 0.2) is 11.6 Å². The van der Waals surface area contributed by atoms with Crippen LogP contribution < -0.4 is 0 Å². The van der Waals surface area contributed by atoms with Gasteiger partial charge in [-0.25, -0.2) is 4.98 Å². The van der Waals surface area contributed by atoms with Crippen LogP contribution in [-0.2, 0) is 5.41 Å². The molecule has 0 N–H and O–H groups in total. The summed E-state index contributed by atoms with van der Waals surface area (Å²) in [6.45, 7) is 4.59. The van der Waals surface area contributed by atoms with Gasteiger partial charge in [-0.1, -0.05) is 117 Å². The standard InChI is InChI=1S/C35H28N4S/c1-22-15-17-24(18-16-22)33-36-32(23-10-4-3-5-11-23)37-34(38-33)39-28-13-7-6-12-25(28)26-19-20-27-31(30(26)39)40-29-14-8-9-21-35(27,29)2/h3-15,17-22,29H,16H2,1-2H3. The molecule has 3 atom stereocenters. The Morgan fingerprint density at radius 3 is 2.52 bits per heavy atom. The first-order valence-electron chi connectivity index (χ1n) is 13.9. The van der Waals surface area contributed by atoms with Crippen LogP contribution in [0.2, 0.25) is 0 Å². The quantitative estimate of drug-likeness (QED) is 0.232. The number of para-hydroxylation sites is 1. The summed E-state index contributed by atoms with van der Waals surface area (Å²) in [6, 6.07) is 23.5. The fourth-order valence-electron chi connectivity index (χ4n) is 6.23. The second-order valence-electron chi connectivity index (χ2n) is 11.1. The van der Waals surface area contributed by atoms with Gasteiger partial charge in [-0.15, -0.1) is 11.8 Å². The van der Waals surface area contributed by atoms with Crippen molar-refractivity contribution in [3.63, 3.8) is 0 Å². The van der Waals surface area contributed by atoms with Gasteiger partial charge in [-0.2, -0.15) is 9.97 Å². The molecule has 0 saturated heterocycles. The molecule has 1 aliphatic heterocycles. The highest BCUT2D eigenvalue weighted by Crippen LogP contribution is 2.55.